The molecule has 1 unspecified atom stereocenters. The molecule has 5 heteroatoms. The lowest BCUT2D eigenvalue weighted by Crippen LogP contribution is -2.21. The molecule has 1 saturated heterocycles. The van der Waals surface area contributed by atoms with Crippen LogP contribution in [0, 0.1) is 0 Å². The van der Waals surface area contributed by atoms with Gasteiger partial charge in [0.05, 0.1) is 12.6 Å². The fraction of sp³-hybridized carbons (Fsp3) is 0.625. The summed E-state index contributed by atoms with van der Waals surface area (Å²) in [4.78, 5) is 2.12. The first kappa shape index (κ1) is 8.52. The Morgan fingerprint density at radius 2 is 2.62 bits per heavy atom. The third-order valence-electron chi connectivity index (χ3n) is 2.20. The fourth-order valence-corrected chi connectivity index (χ4v) is 1.58. The van der Waals surface area contributed by atoms with Crippen LogP contribution in [0.15, 0.2) is 10.6 Å². The van der Waals surface area contributed by atoms with Crippen LogP contribution >= 0.6 is 0 Å². The Labute approximate surface area is 76.1 Å². The van der Waals surface area contributed by atoms with Crippen molar-refractivity contribution >= 4 is 5.82 Å². The molecule has 1 aliphatic rings. The van der Waals surface area contributed by atoms with Gasteiger partial charge in [-0.05, 0) is 6.42 Å². The SMILES string of the molecule is Nc1cc(CN2CCC(O)C2)on1. The van der Waals surface area contributed by atoms with Crippen molar-refractivity contribution < 1.29 is 9.63 Å². The molecule has 0 aromatic carbocycles. The van der Waals surface area contributed by atoms with Gasteiger partial charge in [-0.3, -0.25) is 4.90 Å². The van der Waals surface area contributed by atoms with E-state index in [4.69, 9.17) is 10.3 Å². The van der Waals surface area contributed by atoms with Crippen molar-refractivity contribution in [3.05, 3.63) is 11.8 Å². The Bertz CT molecular complexity index is 287. The van der Waals surface area contributed by atoms with E-state index in [1.165, 1.54) is 0 Å². The molecule has 2 heterocycles. The molecule has 0 saturated carbocycles. The normalized spacial score (nSPS) is 23.9. The van der Waals surface area contributed by atoms with E-state index in [1.807, 2.05) is 0 Å². The van der Waals surface area contributed by atoms with E-state index in [1.54, 1.807) is 6.07 Å². The van der Waals surface area contributed by atoms with Crippen LogP contribution in [0.1, 0.15) is 12.2 Å². The van der Waals surface area contributed by atoms with Crippen molar-refractivity contribution in [2.75, 3.05) is 18.8 Å². The Morgan fingerprint density at radius 3 is 3.15 bits per heavy atom. The molecule has 1 aliphatic heterocycles. The zero-order valence-corrected chi connectivity index (χ0v) is 7.31. The van der Waals surface area contributed by atoms with Crippen LogP contribution in [-0.4, -0.2) is 34.4 Å². The average molecular weight is 183 g/mol. The number of nitrogens with zero attached hydrogens (tertiary/aromatic N) is 2. The summed E-state index contributed by atoms with van der Waals surface area (Å²) in [5.74, 6) is 1.17. The summed E-state index contributed by atoms with van der Waals surface area (Å²) >= 11 is 0. The number of anilines is 1. The number of nitrogen functional groups attached to an aromatic ring is 1. The Balaban J connectivity index is 1.91. The Morgan fingerprint density at radius 1 is 1.77 bits per heavy atom. The van der Waals surface area contributed by atoms with E-state index in [2.05, 4.69) is 10.1 Å². The van der Waals surface area contributed by atoms with E-state index < -0.39 is 0 Å². The lowest BCUT2D eigenvalue weighted by Gasteiger charge is -2.11. The second-order valence-electron chi connectivity index (χ2n) is 3.40. The van der Waals surface area contributed by atoms with Gasteiger partial charge in [0, 0.05) is 19.2 Å². The van der Waals surface area contributed by atoms with Gasteiger partial charge in [-0.15, -0.1) is 0 Å². The number of likely N-dealkylation sites (tertiary alicyclic amines) is 1. The van der Waals surface area contributed by atoms with Crippen molar-refractivity contribution in [2.45, 2.75) is 19.1 Å². The summed E-state index contributed by atoms with van der Waals surface area (Å²) in [6.07, 6.45) is 0.643. The van der Waals surface area contributed by atoms with E-state index in [0.717, 1.165) is 18.7 Å². The van der Waals surface area contributed by atoms with E-state index in [9.17, 15) is 5.11 Å². The fourth-order valence-electron chi connectivity index (χ4n) is 1.58. The Kier molecular flexibility index (Phi) is 2.20. The largest absolute Gasteiger partial charge is 0.392 e. The van der Waals surface area contributed by atoms with Crippen LogP contribution in [-0.2, 0) is 6.54 Å². The van der Waals surface area contributed by atoms with E-state index >= 15 is 0 Å². The molecule has 1 aromatic rings. The zero-order chi connectivity index (χ0) is 9.26. The van der Waals surface area contributed by atoms with Crippen molar-refractivity contribution in [1.29, 1.82) is 0 Å². The van der Waals surface area contributed by atoms with Crippen LogP contribution < -0.4 is 5.73 Å². The van der Waals surface area contributed by atoms with Gasteiger partial charge in [0.25, 0.3) is 0 Å². The van der Waals surface area contributed by atoms with Crippen molar-refractivity contribution in [3.63, 3.8) is 0 Å². The minimum atomic E-state index is -0.194. The van der Waals surface area contributed by atoms with Gasteiger partial charge in [0.15, 0.2) is 11.6 Å². The van der Waals surface area contributed by atoms with E-state index in [0.29, 0.717) is 18.9 Å². The summed E-state index contributed by atoms with van der Waals surface area (Å²) in [5.41, 5.74) is 5.41. The molecule has 0 aliphatic carbocycles. The molecular formula is C8H13N3O2. The lowest BCUT2D eigenvalue weighted by molar-refractivity contribution is 0.170. The molecule has 5 nitrogen and oxygen atoms in total. The van der Waals surface area contributed by atoms with Gasteiger partial charge in [-0.2, -0.15) is 0 Å². The highest BCUT2D eigenvalue weighted by Crippen LogP contribution is 2.14. The van der Waals surface area contributed by atoms with Crippen LogP contribution in [0.5, 0.6) is 0 Å². The molecule has 0 amide bonds. The number of aliphatic hydroxyl groups is 1. The molecule has 0 spiro atoms. The predicted molar refractivity (Wildman–Crippen MR) is 46.8 cm³/mol. The summed E-state index contributed by atoms with van der Waals surface area (Å²) in [5, 5.41) is 12.9. The van der Waals surface area contributed by atoms with Gasteiger partial charge >= 0.3 is 0 Å². The van der Waals surface area contributed by atoms with Gasteiger partial charge < -0.3 is 15.4 Å². The topological polar surface area (TPSA) is 75.5 Å². The molecule has 0 radical (unpaired) electrons. The van der Waals surface area contributed by atoms with Gasteiger partial charge in [0.2, 0.25) is 0 Å². The zero-order valence-electron chi connectivity index (χ0n) is 7.31. The van der Waals surface area contributed by atoms with Crippen molar-refractivity contribution in [2.24, 2.45) is 0 Å². The third-order valence-corrected chi connectivity index (χ3v) is 2.20. The molecule has 1 fully saturated rings. The minimum absolute atomic E-state index is 0.194. The second-order valence-corrected chi connectivity index (χ2v) is 3.40. The number of aliphatic hydroxyl groups excluding tert-OH is 1. The summed E-state index contributed by atoms with van der Waals surface area (Å²) in [7, 11) is 0. The molecule has 1 aromatic heterocycles. The molecule has 72 valence electrons. The summed E-state index contributed by atoms with van der Waals surface area (Å²) in [6, 6.07) is 1.71. The first-order chi connectivity index (χ1) is 6.24. The van der Waals surface area contributed by atoms with Gasteiger partial charge in [-0.1, -0.05) is 5.16 Å². The quantitative estimate of drug-likeness (QED) is 0.665. The summed E-state index contributed by atoms with van der Waals surface area (Å²) in [6.45, 7) is 2.30. The molecule has 13 heavy (non-hydrogen) atoms. The molecule has 2 rings (SSSR count). The van der Waals surface area contributed by atoms with Crippen LogP contribution in [0.25, 0.3) is 0 Å². The number of nitrogens with two attached hydrogens (primary N) is 1. The molecule has 0 bridgehead atoms. The highest BCUT2D eigenvalue weighted by Gasteiger charge is 2.21. The lowest BCUT2D eigenvalue weighted by atomic mass is 10.3. The minimum Gasteiger partial charge on any atom is -0.392 e. The smallest absolute Gasteiger partial charge is 0.167 e. The predicted octanol–water partition coefficient (Wildman–Crippen LogP) is -0.177. The molecular weight excluding hydrogens is 170 g/mol. The first-order valence-corrected chi connectivity index (χ1v) is 4.35. The highest BCUT2D eigenvalue weighted by atomic mass is 16.5. The number of β-amino-alcohol motifs (C(OH)–C–C–N with tert-alkyl or cyclic N) is 1. The van der Waals surface area contributed by atoms with Crippen LogP contribution in [0.4, 0.5) is 5.82 Å². The van der Waals surface area contributed by atoms with Crippen molar-refractivity contribution in [3.8, 4) is 0 Å². The number of rotatable bonds is 2. The Hall–Kier alpha value is -1.07. The first-order valence-electron chi connectivity index (χ1n) is 4.35. The van der Waals surface area contributed by atoms with Crippen LogP contribution in [0.3, 0.4) is 0 Å². The maximum absolute atomic E-state index is 9.27. The van der Waals surface area contributed by atoms with Crippen molar-refractivity contribution in [1.82, 2.24) is 10.1 Å². The maximum Gasteiger partial charge on any atom is 0.167 e. The average Bonchev–Trinajstić information content (AvgIpc) is 2.62. The molecule has 3 N–H and O–H groups in total. The monoisotopic (exact) mass is 183 g/mol. The van der Waals surface area contributed by atoms with E-state index in [-0.39, 0.29) is 6.10 Å². The third kappa shape index (κ3) is 1.99. The highest BCUT2D eigenvalue weighted by molar-refractivity contribution is 5.26. The number of aromatic nitrogens is 1. The molecule has 1 atom stereocenters. The number of hydrogen-bond donors (Lipinski definition) is 2. The van der Waals surface area contributed by atoms with Gasteiger partial charge in [-0.25, -0.2) is 0 Å². The standard InChI is InChI=1S/C8H13N3O2/c9-8-3-7(13-10-8)5-11-2-1-6(12)4-11/h3,6,12H,1-2,4-5H2,(H2,9,10). The second kappa shape index (κ2) is 3.35. The maximum atomic E-state index is 9.27. The number of hydrogen-bond acceptors (Lipinski definition) is 5. The van der Waals surface area contributed by atoms with Gasteiger partial charge in [0.1, 0.15) is 0 Å². The summed E-state index contributed by atoms with van der Waals surface area (Å²) < 4.78 is 4.96. The van der Waals surface area contributed by atoms with Crippen LogP contribution in [0.2, 0.25) is 0 Å².